The van der Waals surface area contributed by atoms with Gasteiger partial charge < -0.3 is 9.51 Å². The predicted molar refractivity (Wildman–Crippen MR) is 104 cm³/mol. The van der Waals surface area contributed by atoms with Crippen LogP contribution in [0.5, 0.6) is 0 Å². The second-order valence-electron chi connectivity index (χ2n) is 6.61. The number of H-pyrrole nitrogens is 1. The van der Waals surface area contributed by atoms with Crippen molar-refractivity contribution >= 4 is 11.6 Å². The molecule has 2 aromatic heterocycles. The molecule has 2 heterocycles. The number of nitrogens with one attached hydrogen (secondary N) is 1. The molecular weight excluding hydrogens is 362 g/mol. The standard InChI is InChI=1S/C21H14ClN3O2/c1-11-18(13-3-2-4-14(7-13)21-23-10-24-27-21)17-8-12-5-6-15(22)9-16(12)19(17)25-20(11)26/h2-7,9-10H,8H2,1H3,(H,25,26). The smallest absolute Gasteiger partial charge is 0.257 e. The number of rotatable bonds is 2. The van der Waals surface area contributed by atoms with E-state index in [1.165, 1.54) is 6.33 Å². The molecule has 6 heteroatoms. The molecule has 0 spiro atoms. The fourth-order valence-corrected chi connectivity index (χ4v) is 3.95. The highest BCUT2D eigenvalue weighted by Gasteiger charge is 2.25. The molecule has 1 aliphatic carbocycles. The number of hydrogen-bond acceptors (Lipinski definition) is 4. The van der Waals surface area contributed by atoms with Gasteiger partial charge in [-0.1, -0.05) is 35.0 Å². The van der Waals surface area contributed by atoms with Gasteiger partial charge in [0.15, 0.2) is 6.33 Å². The summed E-state index contributed by atoms with van der Waals surface area (Å²) in [5.74, 6) is 0.450. The van der Waals surface area contributed by atoms with Crippen LogP contribution in [0.2, 0.25) is 5.02 Å². The molecule has 0 aliphatic heterocycles. The molecule has 0 amide bonds. The van der Waals surface area contributed by atoms with Gasteiger partial charge in [-0.15, -0.1) is 0 Å². The Labute approximate surface area is 159 Å². The Kier molecular flexibility index (Phi) is 3.52. The third-order valence-corrected chi connectivity index (χ3v) is 5.26. The van der Waals surface area contributed by atoms with Crippen LogP contribution >= 0.6 is 11.6 Å². The predicted octanol–water partition coefficient (Wildman–Crippen LogP) is 4.62. The summed E-state index contributed by atoms with van der Waals surface area (Å²) in [6.07, 6.45) is 2.12. The maximum Gasteiger partial charge on any atom is 0.257 e. The zero-order chi connectivity index (χ0) is 18.5. The van der Waals surface area contributed by atoms with E-state index < -0.39 is 0 Å². The molecule has 5 rings (SSSR count). The molecule has 0 saturated carbocycles. The lowest BCUT2D eigenvalue weighted by atomic mass is 9.93. The average Bonchev–Trinajstić information content (AvgIpc) is 3.31. The summed E-state index contributed by atoms with van der Waals surface area (Å²) in [6, 6.07) is 13.6. The summed E-state index contributed by atoms with van der Waals surface area (Å²) in [4.78, 5) is 19.8. The average molecular weight is 376 g/mol. The van der Waals surface area contributed by atoms with Crippen molar-refractivity contribution in [1.29, 1.82) is 0 Å². The van der Waals surface area contributed by atoms with Gasteiger partial charge in [-0.25, -0.2) is 0 Å². The first-order valence-corrected chi connectivity index (χ1v) is 8.91. The number of hydrogen-bond donors (Lipinski definition) is 1. The maximum atomic E-state index is 12.7. The van der Waals surface area contributed by atoms with Crippen LogP contribution in [0.4, 0.5) is 0 Å². The number of pyridine rings is 1. The molecule has 1 aliphatic rings. The van der Waals surface area contributed by atoms with Gasteiger partial charge in [-0.3, -0.25) is 4.79 Å². The van der Waals surface area contributed by atoms with E-state index in [9.17, 15) is 4.79 Å². The molecule has 0 fully saturated rings. The Morgan fingerprint density at radius 3 is 2.81 bits per heavy atom. The summed E-state index contributed by atoms with van der Waals surface area (Å²) in [7, 11) is 0. The molecular formula is C21H14ClN3O2. The lowest BCUT2D eigenvalue weighted by Gasteiger charge is -2.13. The first kappa shape index (κ1) is 16.0. The van der Waals surface area contributed by atoms with Gasteiger partial charge in [-0.05, 0) is 53.4 Å². The lowest BCUT2D eigenvalue weighted by Crippen LogP contribution is -2.13. The Morgan fingerprint density at radius 1 is 1.15 bits per heavy atom. The topological polar surface area (TPSA) is 71.8 Å². The first-order valence-electron chi connectivity index (χ1n) is 8.54. The van der Waals surface area contributed by atoms with Crippen molar-refractivity contribution in [1.82, 2.24) is 15.1 Å². The first-order chi connectivity index (χ1) is 13.1. The number of nitrogens with zero attached hydrogens (tertiary/aromatic N) is 2. The maximum absolute atomic E-state index is 12.7. The Hall–Kier alpha value is -3.18. The van der Waals surface area contributed by atoms with E-state index >= 15 is 0 Å². The van der Waals surface area contributed by atoms with Gasteiger partial charge in [0.2, 0.25) is 0 Å². The molecule has 0 saturated heterocycles. The van der Waals surface area contributed by atoms with Crippen LogP contribution in [0, 0.1) is 6.92 Å². The Bertz CT molecular complexity index is 1240. The normalized spacial score (nSPS) is 12.1. The molecule has 2 aromatic carbocycles. The fourth-order valence-electron chi connectivity index (χ4n) is 3.78. The van der Waals surface area contributed by atoms with Crippen LogP contribution in [-0.4, -0.2) is 15.1 Å². The largest absolute Gasteiger partial charge is 0.334 e. The molecule has 0 unspecified atom stereocenters. The van der Waals surface area contributed by atoms with Gasteiger partial charge in [-0.2, -0.15) is 4.98 Å². The monoisotopic (exact) mass is 375 g/mol. The zero-order valence-corrected chi connectivity index (χ0v) is 15.2. The van der Waals surface area contributed by atoms with Gasteiger partial charge in [0, 0.05) is 28.1 Å². The number of benzene rings is 2. The molecule has 5 nitrogen and oxygen atoms in total. The minimum absolute atomic E-state index is 0.0974. The molecule has 0 radical (unpaired) electrons. The highest BCUT2D eigenvalue weighted by molar-refractivity contribution is 6.31. The van der Waals surface area contributed by atoms with Crippen LogP contribution in [0.15, 0.2) is 58.1 Å². The number of halogens is 1. The van der Waals surface area contributed by atoms with E-state index in [0.29, 0.717) is 16.5 Å². The molecule has 4 aromatic rings. The van der Waals surface area contributed by atoms with Crippen LogP contribution in [-0.2, 0) is 6.42 Å². The van der Waals surface area contributed by atoms with Crippen molar-refractivity contribution in [2.24, 2.45) is 0 Å². The van der Waals surface area contributed by atoms with Crippen LogP contribution in [0.3, 0.4) is 0 Å². The molecule has 27 heavy (non-hydrogen) atoms. The van der Waals surface area contributed by atoms with Crippen molar-refractivity contribution < 1.29 is 4.52 Å². The van der Waals surface area contributed by atoms with E-state index in [1.807, 2.05) is 49.4 Å². The molecule has 0 bridgehead atoms. The van der Waals surface area contributed by atoms with Gasteiger partial charge in [0.05, 0.1) is 5.69 Å². The van der Waals surface area contributed by atoms with Crippen LogP contribution < -0.4 is 5.56 Å². The van der Waals surface area contributed by atoms with E-state index in [0.717, 1.165) is 45.5 Å². The molecule has 1 N–H and O–H groups in total. The minimum Gasteiger partial charge on any atom is -0.334 e. The highest BCUT2D eigenvalue weighted by Crippen LogP contribution is 2.42. The van der Waals surface area contributed by atoms with Crippen molar-refractivity contribution in [3.05, 3.63) is 80.9 Å². The summed E-state index contributed by atoms with van der Waals surface area (Å²) < 4.78 is 5.18. The van der Waals surface area contributed by atoms with Gasteiger partial charge >= 0.3 is 0 Å². The summed E-state index contributed by atoms with van der Waals surface area (Å²) >= 11 is 6.18. The zero-order valence-electron chi connectivity index (χ0n) is 14.4. The Balaban J connectivity index is 1.75. The summed E-state index contributed by atoms with van der Waals surface area (Å²) in [6.45, 7) is 1.85. The second-order valence-corrected chi connectivity index (χ2v) is 7.05. The SMILES string of the molecule is Cc1c(-c2cccc(-c3ncno3)c2)c2c([nH]c1=O)-c1cc(Cl)ccc1C2. The minimum atomic E-state index is -0.0974. The van der Waals surface area contributed by atoms with E-state index in [-0.39, 0.29) is 5.56 Å². The van der Waals surface area contributed by atoms with Crippen molar-refractivity contribution in [3.63, 3.8) is 0 Å². The lowest BCUT2D eigenvalue weighted by molar-refractivity contribution is 0.430. The third kappa shape index (κ3) is 2.51. The second kappa shape index (κ2) is 5.93. The van der Waals surface area contributed by atoms with Gasteiger partial charge in [0.1, 0.15) is 0 Å². The van der Waals surface area contributed by atoms with E-state index in [1.54, 1.807) is 0 Å². The van der Waals surface area contributed by atoms with Crippen LogP contribution in [0.1, 0.15) is 16.7 Å². The quantitative estimate of drug-likeness (QED) is 0.488. The summed E-state index contributed by atoms with van der Waals surface area (Å²) in [5, 5.41) is 4.33. The van der Waals surface area contributed by atoms with Crippen molar-refractivity contribution in [2.45, 2.75) is 13.3 Å². The van der Waals surface area contributed by atoms with E-state index in [4.69, 9.17) is 16.1 Å². The molecule has 0 atom stereocenters. The van der Waals surface area contributed by atoms with Crippen LogP contribution in [0.25, 0.3) is 33.8 Å². The van der Waals surface area contributed by atoms with E-state index in [2.05, 4.69) is 15.1 Å². The third-order valence-electron chi connectivity index (χ3n) is 5.03. The Morgan fingerprint density at radius 2 is 2.00 bits per heavy atom. The molecule has 132 valence electrons. The highest BCUT2D eigenvalue weighted by atomic mass is 35.5. The number of aromatic amines is 1. The van der Waals surface area contributed by atoms with Gasteiger partial charge in [0.25, 0.3) is 11.4 Å². The summed E-state index contributed by atoms with van der Waals surface area (Å²) in [5.41, 5.74) is 7.40. The van der Waals surface area contributed by atoms with Crippen molar-refractivity contribution in [2.75, 3.05) is 0 Å². The number of aromatic nitrogens is 3. The van der Waals surface area contributed by atoms with Crippen molar-refractivity contribution in [3.8, 4) is 33.8 Å². The fraction of sp³-hybridized carbons (Fsp3) is 0.0952. The number of fused-ring (bicyclic) bond motifs is 3.